The number of nitrogens with two attached hydrogens (primary N) is 1. The largest absolute Gasteiger partial charge is 0.369 e. The Morgan fingerprint density at radius 1 is 1.12 bits per heavy atom. The number of anilines is 3. The van der Waals surface area contributed by atoms with E-state index in [9.17, 15) is 4.79 Å². The quantitative estimate of drug-likeness (QED) is 0.522. The number of imidazole rings is 1. The van der Waals surface area contributed by atoms with Gasteiger partial charge in [0, 0.05) is 16.9 Å². The molecule has 2 aromatic carbocycles. The van der Waals surface area contributed by atoms with Gasteiger partial charge in [-0.05, 0) is 42.7 Å². The predicted octanol–water partition coefficient (Wildman–Crippen LogP) is 4.65. The molecule has 2 amide bonds. The monoisotopic (exact) mass is 349 g/mol. The Hall–Kier alpha value is -3.28. The van der Waals surface area contributed by atoms with E-state index in [-0.39, 0.29) is 6.03 Å². The number of aromatic nitrogens is 2. The second-order valence-electron chi connectivity index (χ2n) is 6.14. The number of carbonyl (C=O) groups excluding carboxylic acids is 1. The average molecular weight is 349 g/mol. The number of carbonyl (C=O) groups is 1. The summed E-state index contributed by atoms with van der Waals surface area (Å²) >= 11 is 0. The first-order valence-corrected chi connectivity index (χ1v) is 8.72. The van der Waals surface area contributed by atoms with E-state index < -0.39 is 0 Å². The average Bonchev–Trinajstić information content (AvgIpc) is 3.08. The number of nitrogens with one attached hydrogen (secondary N) is 3. The third-order valence-corrected chi connectivity index (χ3v) is 4.06. The van der Waals surface area contributed by atoms with Crippen molar-refractivity contribution >= 4 is 23.4 Å². The number of amides is 2. The molecule has 6 heteroatoms. The lowest BCUT2D eigenvalue weighted by Crippen LogP contribution is -2.19. The minimum Gasteiger partial charge on any atom is -0.369 e. The first-order valence-electron chi connectivity index (χ1n) is 8.72. The standard InChI is InChI=1S/C20H23N5O/c1-2-3-5-14-8-10-16(11-9-14)23-20(26)24-17-7-4-6-15(12-17)18-13-22-19(21)25-18/h4,6-13H,2-3,5H2,1H3,(H3,21,22,25)(H2,23,24,26). The van der Waals surface area contributed by atoms with Gasteiger partial charge in [0.2, 0.25) is 0 Å². The first kappa shape index (κ1) is 17.5. The summed E-state index contributed by atoms with van der Waals surface area (Å²) in [6, 6.07) is 15.1. The molecule has 5 N–H and O–H groups in total. The Kier molecular flexibility index (Phi) is 5.53. The van der Waals surface area contributed by atoms with E-state index in [4.69, 9.17) is 5.73 Å². The molecule has 0 aliphatic heterocycles. The Morgan fingerprint density at radius 2 is 1.88 bits per heavy atom. The van der Waals surface area contributed by atoms with E-state index in [0.717, 1.165) is 23.4 Å². The molecule has 0 fully saturated rings. The van der Waals surface area contributed by atoms with Crippen LogP contribution in [0.5, 0.6) is 0 Å². The second-order valence-corrected chi connectivity index (χ2v) is 6.14. The third kappa shape index (κ3) is 4.63. The molecule has 0 spiro atoms. The lowest BCUT2D eigenvalue weighted by molar-refractivity contribution is 0.262. The van der Waals surface area contributed by atoms with Gasteiger partial charge in [0.25, 0.3) is 0 Å². The van der Waals surface area contributed by atoms with E-state index in [1.807, 2.05) is 36.4 Å². The van der Waals surface area contributed by atoms with Gasteiger partial charge in [-0.1, -0.05) is 37.6 Å². The van der Waals surface area contributed by atoms with Crippen molar-refractivity contribution < 1.29 is 4.79 Å². The number of rotatable bonds is 6. The molecule has 0 saturated heterocycles. The van der Waals surface area contributed by atoms with Crippen molar-refractivity contribution in [3.05, 3.63) is 60.3 Å². The Labute approximate surface area is 152 Å². The van der Waals surface area contributed by atoms with Gasteiger partial charge in [0.05, 0.1) is 11.9 Å². The van der Waals surface area contributed by atoms with Crippen LogP contribution in [0.1, 0.15) is 25.3 Å². The van der Waals surface area contributed by atoms with Gasteiger partial charge < -0.3 is 21.4 Å². The summed E-state index contributed by atoms with van der Waals surface area (Å²) in [7, 11) is 0. The predicted molar refractivity (Wildman–Crippen MR) is 106 cm³/mol. The number of hydrogen-bond acceptors (Lipinski definition) is 3. The first-order chi connectivity index (χ1) is 12.6. The van der Waals surface area contributed by atoms with Gasteiger partial charge in [0.1, 0.15) is 0 Å². The van der Waals surface area contributed by atoms with Crippen molar-refractivity contribution in [3.63, 3.8) is 0 Å². The number of aromatic amines is 1. The van der Waals surface area contributed by atoms with Gasteiger partial charge in [-0.3, -0.25) is 0 Å². The van der Waals surface area contributed by atoms with Crippen LogP contribution < -0.4 is 16.4 Å². The smallest absolute Gasteiger partial charge is 0.323 e. The normalized spacial score (nSPS) is 10.5. The molecule has 134 valence electrons. The number of nitrogens with zero attached hydrogens (tertiary/aromatic N) is 1. The highest BCUT2D eigenvalue weighted by Gasteiger charge is 2.06. The number of hydrogen-bond donors (Lipinski definition) is 4. The molecule has 3 rings (SSSR count). The zero-order valence-corrected chi connectivity index (χ0v) is 14.8. The maximum Gasteiger partial charge on any atom is 0.323 e. The van der Waals surface area contributed by atoms with Crippen LogP contribution in [0.4, 0.5) is 22.1 Å². The third-order valence-electron chi connectivity index (χ3n) is 4.06. The maximum absolute atomic E-state index is 12.2. The van der Waals surface area contributed by atoms with Gasteiger partial charge in [-0.15, -0.1) is 0 Å². The van der Waals surface area contributed by atoms with Gasteiger partial charge in [-0.2, -0.15) is 0 Å². The van der Waals surface area contributed by atoms with Crippen LogP contribution in [0, 0.1) is 0 Å². The van der Waals surface area contributed by atoms with Crippen LogP contribution in [0.3, 0.4) is 0 Å². The Bertz CT molecular complexity index is 870. The summed E-state index contributed by atoms with van der Waals surface area (Å²) in [5.41, 5.74) is 10.0. The molecule has 0 atom stereocenters. The molecule has 0 saturated carbocycles. The number of urea groups is 1. The SMILES string of the molecule is CCCCc1ccc(NC(=O)Nc2cccc(-c3cnc(N)[nH]3)c2)cc1. The van der Waals surface area contributed by atoms with E-state index in [1.54, 1.807) is 6.20 Å². The molecule has 0 unspecified atom stereocenters. The minimum absolute atomic E-state index is 0.285. The van der Waals surface area contributed by atoms with Crippen molar-refractivity contribution in [2.45, 2.75) is 26.2 Å². The zero-order valence-electron chi connectivity index (χ0n) is 14.8. The topological polar surface area (TPSA) is 95.8 Å². The van der Waals surface area contributed by atoms with Crippen molar-refractivity contribution in [2.75, 3.05) is 16.4 Å². The highest BCUT2D eigenvalue weighted by atomic mass is 16.2. The molecule has 0 bridgehead atoms. The van der Waals surface area contributed by atoms with Crippen molar-refractivity contribution in [1.29, 1.82) is 0 Å². The fraction of sp³-hybridized carbons (Fsp3) is 0.200. The Balaban J connectivity index is 1.61. The summed E-state index contributed by atoms with van der Waals surface area (Å²) in [6.45, 7) is 2.18. The zero-order chi connectivity index (χ0) is 18.4. The van der Waals surface area contributed by atoms with Crippen molar-refractivity contribution in [2.24, 2.45) is 0 Å². The molecule has 0 radical (unpaired) electrons. The number of unbranched alkanes of at least 4 members (excludes halogenated alkanes) is 1. The van der Waals surface area contributed by atoms with Gasteiger partial charge in [0.15, 0.2) is 5.95 Å². The van der Waals surface area contributed by atoms with Crippen LogP contribution in [0.25, 0.3) is 11.3 Å². The van der Waals surface area contributed by atoms with Crippen LogP contribution in [0.2, 0.25) is 0 Å². The highest BCUT2D eigenvalue weighted by molar-refractivity contribution is 6.00. The minimum atomic E-state index is -0.285. The summed E-state index contributed by atoms with van der Waals surface area (Å²) < 4.78 is 0. The number of benzene rings is 2. The molecule has 0 aliphatic carbocycles. The summed E-state index contributed by atoms with van der Waals surface area (Å²) in [4.78, 5) is 19.2. The maximum atomic E-state index is 12.2. The Morgan fingerprint density at radius 3 is 2.58 bits per heavy atom. The summed E-state index contributed by atoms with van der Waals surface area (Å²) in [5, 5.41) is 5.69. The molecule has 1 heterocycles. The summed E-state index contributed by atoms with van der Waals surface area (Å²) in [5.74, 6) is 0.360. The van der Waals surface area contributed by atoms with Crippen LogP contribution in [-0.4, -0.2) is 16.0 Å². The molecule has 1 aromatic heterocycles. The number of H-pyrrole nitrogens is 1. The van der Waals surface area contributed by atoms with Crippen LogP contribution in [0.15, 0.2) is 54.7 Å². The van der Waals surface area contributed by atoms with E-state index in [0.29, 0.717) is 11.6 Å². The fourth-order valence-electron chi connectivity index (χ4n) is 2.68. The highest BCUT2D eigenvalue weighted by Crippen LogP contribution is 2.21. The fourth-order valence-corrected chi connectivity index (χ4v) is 2.68. The van der Waals surface area contributed by atoms with Crippen LogP contribution >= 0.6 is 0 Å². The van der Waals surface area contributed by atoms with Crippen molar-refractivity contribution in [3.8, 4) is 11.3 Å². The number of aryl methyl sites for hydroxylation is 1. The van der Waals surface area contributed by atoms with E-state index in [1.165, 1.54) is 18.4 Å². The second kappa shape index (κ2) is 8.20. The molecule has 0 aliphatic rings. The van der Waals surface area contributed by atoms with Gasteiger partial charge >= 0.3 is 6.03 Å². The number of nitrogen functional groups attached to an aromatic ring is 1. The molecular weight excluding hydrogens is 326 g/mol. The van der Waals surface area contributed by atoms with E-state index in [2.05, 4.69) is 39.7 Å². The van der Waals surface area contributed by atoms with E-state index >= 15 is 0 Å². The van der Waals surface area contributed by atoms with Gasteiger partial charge in [-0.25, -0.2) is 9.78 Å². The lowest BCUT2D eigenvalue weighted by Gasteiger charge is -2.09. The van der Waals surface area contributed by atoms with Crippen LogP contribution in [-0.2, 0) is 6.42 Å². The lowest BCUT2D eigenvalue weighted by atomic mass is 10.1. The molecule has 6 nitrogen and oxygen atoms in total. The molecule has 3 aromatic rings. The molecule has 26 heavy (non-hydrogen) atoms. The molecular formula is C20H23N5O. The summed E-state index contributed by atoms with van der Waals surface area (Å²) in [6.07, 6.45) is 5.07. The van der Waals surface area contributed by atoms with Crippen molar-refractivity contribution in [1.82, 2.24) is 9.97 Å².